The van der Waals surface area contributed by atoms with E-state index in [1.54, 1.807) is 4.90 Å². The fourth-order valence-electron chi connectivity index (χ4n) is 3.74. The summed E-state index contributed by atoms with van der Waals surface area (Å²) in [7, 11) is 0. The van der Waals surface area contributed by atoms with Crippen LogP contribution in [0.2, 0.25) is 0 Å². The molecule has 1 saturated carbocycles. The Bertz CT molecular complexity index is 545. The van der Waals surface area contributed by atoms with Crippen LogP contribution in [0.15, 0.2) is 24.3 Å². The summed E-state index contributed by atoms with van der Waals surface area (Å²) in [6.45, 7) is 1.47. The fourth-order valence-corrected chi connectivity index (χ4v) is 3.74. The quantitative estimate of drug-likeness (QED) is 0.923. The van der Waals surface area contributed by atoms with Crippen LogP contribution in [0.25, 0.3) is 0 Å². The molecule has 1 aromatic carbocycles. The molecule has 3 rings (SSSR count). The molecule has 1 amide bonds. The second kappa shape index (κ2) is 6.51. The summed E-state index contributed by atoms with van der Waals surface area (Å²) in [5, 5.41) is 3.21. The average molecular weight is 326 g/mol. The molecule has 126 valence electrons. The van der Waals surface area contributed by atoms with E-state index in [1.807, 2.05) is 0 Å². The van der Waals surface area contributed by atoms with Crippen molar-refractivity contribution in [3.8, 4) is 0 Å². The van der Waals surface area contributed by atoms with Gasteiger partial charge in [0.1, 0.15) is 0 Å². The maximum atomic E-state index is 13.2. The van der Waals surface area contributed by atoms with E-state index in [2.05, 4.69) is 5.32 Å². The van der Waals surface area contributed by atoms with Gasteiger partial charge in [0.25, 0.3) is 5.91 Å². The fraction of sp³-hybridized carbons (Fsp3) is 0.588. The third-order valence-electron chi connectivity index (χ3n) is 4.84. The van der Waals surface area contributed by atoms with Gasteiger partial charge in [-0.05, 0) is 37.9 Å². The van der Waals surface area contributed by atoms with Gasteiger partial charge in [-0.3, -0.25) is 4.79 Å². The van der Waals surface area contributed by atoms with Crippen molar-refractivity contribution in [1.29, 1.82) is 0 Å². The van der Waals surface area contributed by atoms with Crippen LogP contribution in [0.3, 0.4) is 0 Å². The molecule has 2 fully saturated rings. The first-order chi connectivity index (χ1) is 11.0. The number of benzene rings is 1. The second-order valence-corrected chi connectivity index (χ2v) is 6.34. The third-order valence-corrected chi connectivity index (χ3v) is 4.84. The molecular formula is C17H21F3N2O. The highest BCUT2D eigenvalue weighted by Gasteiger charge is 2.39. The zero-order chi connectivity index (χ0) is 16.4. The van der Waals surface area contributed by atoms with E-state index in [-0.39, 0.29) is 17.6 Å². The summed E-state index contributed by atoms with van der Waals surface area (Å²) in [5.74, 6) is -0.474. The highest BCUT2D eigenvalue weighted by Crippen LogP contribution is 2.34. The Hall–Kier alpha value is -1.56. The van der Waals surface area contributed by atoms with Crippen LogP contribution in [-0.2, 0) is 6.18 Å². The zero-order valence-electron chi connectivity index (χ0n) is 12.9. The molecule has 6 heteroatoms. The predicted octanol–water partition coefficient (Wildman–Crippen LogP) is 3.45. The highest BCUT2D eigenvalue weighted by molar-refractivity contribution is 5.96. The second-order valence-electron chi connectivity index (χ2n) is 6.34. The first kappa shape index (κ1) is 16.3. The standard InChI is InChI=1S/C17H21F3N2O/c18-17(19,20)15-8-4-3-7-14(15)16(23)22(12-5-1-2-6-12)13-9-10-21-11-13/h3-4,7-8,12-13,21H,1-2,5-6,9-11H2. The lowest BCUT2D eigenvalue weighted by molar-refractivity contribution is -0.138. The Labute approximate surface area is 133 Å². The third kappa shape index (κ3) is 3.37. The SMILES string of the molecule is O=C(c1ccccc1C(F)(F)F)N(C1CCCC1)C1CCNC1. The number of alkyl halides is 3. The van der Waals surface area contributed by atoms with Gasteiger partial charge in [0, 0.05) is 18.6 Å². The number of nitrogens with one attached hydrogen (secondary N) is 1. The van der Waals surface area contributed by atoms with Crippen LogP contribution in [-0.4, -0.2) is 36.0 Å². The summed E-state index contributed by atoms with van der Waals surface area (Å²) in [6, 6.07) is 5.18. The molecule has 0 bridgehead atoms. The van der Waals surface area contributed by atoms with Gasteiger partial charge in [-0.2, -0.15) is 13.2 Å². The first-order valence-electron chi connectivity index (χ1n) is 8.18. The molecule has 1 N–H and O–H groups in total. The van der Waals surface area contributed by atoms with Gasteiger partial charge < -0.3 is 10.2 Å². The van der Waals surface area contributed by atoms with E-state index in [0.717, 1.165) is 44.7 Å². The van der Waals surface area contributed by atoms with Crippen molar-refractivity contribution < 1.29 is 18.0 Å². The molecule has 3 nitrogen and oxygen atoms in total. The van der Waals surface area contributed by atoms with Crippen molar-refractivity contribution in [2.45, 2.75) is 50.4 Å². The Morgan fingerprint density at radius 1 is 1.09 bits per heavy atom. The van der Waals surface area contributed by atoms with E-state index >= 15 is 0 Å². The first-order valence-corrected chi connectivity index (χ1v) is 8.18. The van der Waals surface area contributed by atoms with E-state index in [1.165, 1.54) is 18.2 Å². The molecule has 1 aliphatic heterocycles. The van der Waals surface area contributed by atoms with Crippen LogP contribution in [0, 0.1) is 0 Å². The zero-order valence-corrected chi connectivity index (χ0v) is 12.9. The van der Waals surface area contributed by atoms with Crippen LogP contribution in [0.5, 0.6) is 0 Å². The largest absolute Gasteiger partial charge is 0.417 e. The van der Waals surface area contributed by atoms with E-state index in [9.17, 15) is 18.0 Å². The topological polar surface area (TPSA) is 32.3 Å². The monoisotopic (exact) mass is 326 g/mol. The number of nitrogens with zero attached hydrogens (tertiary/aromatic N) is 1. The lowest BCUT2D eigenvalue weighted by Gasteiger charge is -2.35. The highest BCUT2D eigenvalue weighted by atomic mass is 19.4. The molecule has 1 unspecified atom stereocenters. The van der Waals surface area contributed by atoms with Crippen LogP contribution < -0.4 is 5.32 Å². The smallest absolute Gasteiger partial charge is 0.331 e. The summed E-state index contributed by atoms with van der Waals surface area (Å²) in [5.41, 5.74) is -1.06. The van der Waals surface area contributed by atoms with Gasteiger partial charge in [-0.25, -0.2) is 0 Å². The lowest BCUT2D eigenvalue weighted by atomic mass is 10.0. The van der Waals surface area contributed by atoms with Gasteiger partial charge in [-0.15, -0.1) is 0 Å². The number of hydrogen-bond acceptors (Lipinski definition) is 2. The van der Waals surface area contributed by atoms with E-state index in [0.29, 0.717) is 6.54 Å². The van der Waals surface area contributed by atoms with Gasteiger partial charge in [0.05, 0.1) is 11.1 Å². The maximum absolute atomic E-state index is 13.2. The summed E-state index contributed by atoms with van der Waals surface area (Å²) in [6.07, 6.45) is 0.135. The molecule has 1 aliphatic carbocycles. The van der Waals surface area contributed by atoms with Crippen molar-refractivity contribution in [2.75, 3.05) is 13.1 Å². The molecule has 0 spiro atoms. The van der Waals surface area contributed by atoms with E-state index < -0.39 is 17.6 Å². The number of carbonyl (C=O) groups excluding carboxylic acids is 1. The number of carbonyl (C=O) groups is 1. The maximum Gasteiger partial charge on any atom is 0.417 e. The number of hydrogen-bond donors (Lipinski definition) is 1. The molecule has 1 heterocycles. The minimum Gasteiger partial charge on any atom is -0.331 e. The molecule has 1 saturated heterocycles. The van der Waals surface area contributed by atoms with Crippen molar-refractivity contribution >= 4 is 5.91 Å². The lowest BCUT2D eigenvalue weighted by Crippen LogP contribution is -2.47. The summed E-state index contributed by atoms with van der Waals surface area (Å²) >= 11 is 0. The Morgan fingerprint density at radius 2 is 1.78 bits per heavy atom. The van der Waals surface area contributed by atoms with Gasteiger partial charge >= 0.3 is 6.18 Å². The van der Waals surface area contributed by atoms with E-state index in [4.69, 9.17) is 0 Å². The minimum atomic E-state index is -4.51. The van der Waals surface area contributed by atoms with Crippen LogP contribution in [0.4, 0.5) is 13.2 Å². The molecule has 0 radical (unpaired) electrons. The van der Waals surface area contributed by atoms with Crippen molar-refractivity contribution in [2.24, 2.45) is 0 Å². The van der Waals surface area contributed by atoms with Crippen molar-refractivity contribution in [3.63, 3.8) is 0 Å². The molecule has 1 aromatic rings. The summed E-state index contributed by atoms with van der Waals surface area (Å²) in [4.78, 5) is 14.7. The normalized spacial score (nSPS) is 22.5. The Balaban J connectivity index is 1.95. The van der Waals surface area contributed by atoms with Crippen molar-refractivity contribution in [3.05, 3.63) is 35.4 Å². The minimum absolute atomic E-state index is 0.00751. The molecule has 23 heavy (non-hydrogen) atoms. The number of halogens is 3. The Kier molecular flexibility index (Phi) is 4.62. The molecule has 0 aromatic heterocycles. The predicted molar refractivity (Wildman–Crippen MR) is 81.1 cm³/mol. The number of amides is 1. The van der Waals surface area contributed by atoms with Gasteiger partial charge in [0.15, 0.2) is 0 Å². The molecular weight excluding hydrogens is 305 g/mol. The van der Waals surface area contributed by atoms with Gasteiger partial charge in [0.2, 0.25) is 0 Å². The van der Waals surface area contributed by atoms with Crippen LogP contribution in [0.1, 0.15) is 48.0 Å². The van der Waals surface area contributed by atoms with Crippen molar-refractivity contribution in [1.82, 2.24) is 10.2 Å². The van der Waals surface area contributed by atoms with Crippen LogP contribution >= 0.6 is 0 Å². The summed E-state index contributed by atoms with van der Waals surface area (Å²) < 4.78 is 39.7. The molecule has 2 aliphatic rings. The van der Waals surface area contributed by atoms with Gasteiger partial charge in [-0.1, -0.05) is 25.0 Å². The Morgan fingerprint density at radius 3 is 2.39 bits per heavy atom. The number of rotatable bonds is 3. The molecule has 1 atom stereocenters. The average Bonchev–Trinajstić information content (AvgIpc) is 3.20.